The van der Waals surface area contributed by atoms with Crippen LogP contribution in [0.2, 0.25) is 0 Å². The molecule has 1 amide bonds. The number of rotatable bonds is 6. The second-order valence-corrected chi connectivity index (χ2v) is 6.61. The minimum Gasteiger partial charge on any atom is -0.344 e. The lowest BCUT2D eigenvalue weighted by Crippen LogP contribution is -2.29. The first kappa shape index (κ1) is 19.7. The quantitative estimate of drug-likeness (QED) is 0.662. The van der Waals surface area contributed by atoms with Gasteiger partial charge in [-0.15, -0.1) is 0 Å². The van der Waals surface area contributed by atoms with Crippen LogP contribution in [0.3, 0.4) is 0 Å². The van der Waals surface area contributed by atoms with Crippen molar-refractivity contribution >= 4 is 5.91 Å². The number of hydrogen-bond donors (Lipinski definition) is 1. The molecule has 1 aromatic carbocycles. The summed E-state index contributed by atoms with van der Waals surface area (Å²) in [6.45, 7) is 2.90. The maximum atomic E-state index is 12.9. The molecule has 1 N–H and O–H groups in total. The van der Waals surface area contributed by atoms with E-state index in [1.807, 2.05) is 26.0 Å². The molecule has 2 aromatic heterocycles. The molecule has 7 heteroatoms. The monoisotopic (exact) mass is 384 g/mol. The van der Waals surface area contributed by atoms with E-state index in [1.54, 1.807) is 37.4 Å². The largest absolute Gasteiger partial charge is 0.344 e. The Balaban J connectivity index is 1.85. The van der Waals surface area contributed by atoms with E-state index in [-0.39, 0.29) is 11.9 Å². The molecular formula is C21H22F2N4O. The Kier molecular flexibility index (Phi) is 5.82. The van der Waals surface area contributed by atoms with Gasteiger partial charge in [-0.05, 0) is 49.6 Å². The molecule has 0 aliphatic carbocycles. The Bertz CT molecular complexity index is 984. The molecule has 0 bridgehead atoms. The Labute approximate surface area is 162 Å². The number of nitrogens with one attached hydrogen (secondary N) is 1. The van der Waals surface area contributed by atoms with Gasteiger partial charge in [-0.3, -0.25) is 9.78 Å². The molecule has 0 fully saturated rings. The second-order valence-electron chi connectivity index (χ2n) is 6.61. The topological polar surface area (TPSA) is 59.8 Å². The van der Waals surface area contributed by atoms with Gasteiger partial charge in [0.15, 0.2) is 0 Å². The molecule has 1 atom stereocenters. The summed E-state index contributed by atoms with van der Waals surface area (Å²) in [5.74, 6) is -0.238. The van der Waals surface area contributed by atoms with Crippen molar-refractivity contribution < 1.29 is 13.6 Å². The summed E-state index contributed by atoms with van der Waals surface area (Å²) < 4.78 is 26.4. The predicted octanol–water partition coefficient (Wildman–Crippen LogP) is 4.84. The average molecular weight is 384 g/mol. The number of benzene rings is 1. The van der Waals surface area contributed by atoms with Crippen LogP contribution >= 0.6 is 0 Å². The highest BCUT2D eigenvalue weighted by Gasteiger charge is 2.18. The molecule has 5 nitrogen and oxygen atoms in total. The van der Waals surface area contributed by atoms with Crippen molar-refractivity contribution in [1.82, 2.24) is 20.1 Å². The summed E-state index contributed by atoms with van der Waals surface area (Å²) in [6, 6.07) is 10.5. The zero-order valence-electron chi connectivity index (χ0n) is 16.0. The number of pyridine rings is 1. The van der Waals surface area contributed by atoms with Gasteiger partial charge in [-0.1, -0.05) is 25.1 Å². The highest BCUT2D eigenvalue weighted by Crippen LogP contribution is 2.26. The minimum atomic E-state index is -2.70. The van der Waals surface area contributed by atoms with Crippen molar-refractivity contribution in [3.8, 4) is 11.1 Å². The molecule has 0 aliphatic rings. The van der Waals surface area contributed by atoms with Gasteiger partial charge in [0.25, 0.3) is 5.91 Å². The summed E-state index contributed by atoms with van der Waals surface area (Å²) in [5, 5.41) is 6.84. The van der Waals surface area contributed by atoms with E-state index >= 15 is 0 Å². The maximum absolute atomic E-state index is 12.9. The van der Waals surface area contributed by atoms with Gasteiger partial charge < -0.3 is 5.32 Å². The van der Waals surface area contributed by atoms with Crippen LogP contribution in [-0.4, -0.2) is 20.7 Å². The molecule has 3 rings (SSSR count). The fourth-order valence-corrected chi connectivity index (χ4v) is 3.16. The summed E-state index contributed by atoms with van der Waals surface area (Å²) in [4.78, 5) is 17.2. The van der Waals surface area contributed by atoms with Crippen molar-refractivity contribution in [2.45, 2.75) is 39.8 Å². The molecule has 146 valence electrons. The summed E-state index contributed by atoms with van der Waals surface area (Å²) in [7, 11) is 0. The lowest BCUT2D eigenvalue weighted by Gasteiger charge is -2.18. The fourth-order valence-electron chi connectivity index (χ4n) is 3.16. The number of aryl methyl sites for hydroxylation is 2. The molecule has 0 aliphatic heterocycles. The second kappa shape index (κ2) is 8.29. The van der Waals surface area contributed by atoms with E-state index in [4.69, 9.17) is 0 Å². The van der Waals surface area contributed by atoms with Crippen LogP contribution in [0.15, 0.2) is 48.8 Å². The van der Waals surface area contributed by atoms with Crippen molar-refractivity contribution in [2.75, 3.05) is 0 Å². The molecule has 0 saturated heterocycles. The van der Waals surface area contributed by atoms with Crippen LogP contribution in [-0.2, 0) is 0 Å². The summed E-state index contributed by atoms with van der Waals surface area (Å²) >= 11 is 0. The van der Waals surface area contributed by atoms with Gasteiger partial charge in [-0.2, -0.15) is 13.9 Å². The molecular weight excluding hydrogens is 362 g/mol. The summed E-state index contributed by atoms with van der Waals surface area (Å²) in [5.41, 5.74) is 4.02. The molecule has 0 saturated carbocycles. The Morgan fingerprint density at radius 2 is 2.00 bits per heavy atom. The van der Waals surface area contributed by atoms with E-state index in [1.165, 1.54) is 6.20 Å². The number of hydrogen-bond acceptors (Lipinski definition) is 3. The van der Waals surface area contributed by atoms with E-state index in [2.05, 4.69) is 15.4 Å². The average Bonchev–Trinajstić information content (AvgIpc) is 3.09. The number of nitrogens with zero attached hydrogens (tertiary/aromatic N) is 3. The molecule has 0 spiro atoms. The smallest absolute Gasteiger partial charge is 0.333 e. The number of alkyl halides is 2. The molecule has 2 heterocycles. The van der Waals surface area contributed by atoms with Crippen molar-refractivity contribution in [1.29, 1.82) is 0 Å². The number of aromatic nitrogens is 3. The van der Waals surface area contributed by atoms with Crippen molar-refractivity contribution in [3.63, 3.8) is 0 Å². The number of halogens is 2. The third kappa shape index (κ3) is 4.08. The van der Waals surface area contributed by atoms with Crippen LogP contribution in [0.5, 0.6) is 0 Å². The third-order valence-electron chi connectivity index (χ3n) is 4.65. The Morgan fingerprint density at radius 3 is 2.64 bits per heavy atom. The third-order valence-corrected chi connectivity index (χ3v) is 4.65. The van der Waals surface area contributed by atoms with Gasteiger partial charge >= 0.3 is 6.55 Å². The normalized spacial score (nSPS) is 12.2. The Hall–Kier alpha value is -3.09. The van der Waals surface area contributed by atoms with Crippen molar-refractivity contribution in [3.05, 3.63) is 71.3 Å². The van der Waals surface area contributed by atoms with Gasteiger partial charge in [-0.25, -0.2) is 4.68 Å². The van der Waals surface area contributed by atoms with Gasteiger partial charge in [0, 0.05) is 23.5 Å². The zero-order valence-corrected chi connectivity index (χ0v) is 16.0. The van der Waals surface area contributed by atoms with Gasteiger partial charge in [0.1, 0.15) is 0 Å². The summed E-state index contributed by atoms with van der Waals surface area (Å²) in [6.07, 6.45) is 3.70. The van der Waals surface area contributed by atoms with E-state index in [9.17, 15) is 13.6 Å². The lowest BCUT2D eigenvalue weighted by atomic mass is 10.0. The zero-order chi connectivity index (χ0) is 20.3. The van der Waals surface area contributed by atoms with Crippen LogP contribution in [0.1, 0.15) is 53.2 Å². The van der Waals surface area contributed by atoms with Gasteiger partial charge in [0.2, 0.25) is 0 Å². The maximum Gasteiger partial charge on any atom is 0.333 e. The van der Waals surface area contributed by atoms with Crippen LogP contribution in [0.25, 0.3) is 11.1 Å². The number of carbonyl (C=O) groups excluding carboxylic acids is 1. The van der Waals surface area contributed by atoms with Crippen molar-refractivity contribution in [2.24, 2.45) is 0 Å². The van der Waals surface area contributed by atoms with E-state index in [0.717, 1.165) is 11.3 Å². The van der Waals surface area contributed by atoms with Crippen LogP contribution < -0.4 is 5.32 Å². The van der Waals surface area contributed by atoms with E-state index in [0.29, 0.717) is 33.5 Å². The highest BCUT2D eigenvalue weighted by molar-refractivity contribution is 5.95. The minimum absolute atomic E-state index is 0.208. The highest BCUT2D eigenvalue weighted by atomic mass is 19.3. The fraction of sp³-hybridized carbons (Fsp3) is 0.286. The van der Waals surface area contributed by atoms with Crippen LogP contribution in [0.4, 0.5) is 8.78 Å². The first-order valence-corrected chi connectivity index (χ1v) is 9.07. The molecule has 0 unspecified atom stereocenters. The van der Waals surface area contributed by atoms with Crippen LogP contribution in [0, 0.1) is 13.8 Å². The van der Waals surface area contributed by atoms with E-state index < -0.39 is 6.55 Å². The van der Waals surface area contributed by atoms with Gasteiger partial charge in [0.05, 0.1) is 17.4 Å². The SMILES string of the molecule is CC[C@@H](NC(=O)c1cccc(-c2cn(C(F)F)nc2C)c1)c1ncccc1C. The number of carbonyl (C=O) groups is 1. The first-order valence-electron chi connectivity index (χ1n) is 9.07. The lowest BCUT2D eigenvalue weighted by molar-refractivity contribution is 0.0563. The Morgan fingerprint density at radius 1 is 1.21 bits per heavy atom. The molecule has 3 aromatic rings. The number of amides is 1. The molecule has 28 heavy (non-hydrogen) atoms. The predicted molar refractivity (Wildman–Crippen MR) is 103 cm³/mol. The standard InChI is InChI=1S/C21H22F2N4O/c1-4-18(19-13(2)7-6-10-24-19)25-20(28)16-9-5-8-15(11-16)17-12-27(21(22)23)26-14(17)3/h5-12,18,21H,4H2,1-3H3,(H,25,28)/t18-/m1/s1. The first-order chi connectivity index (χ1) is 13.4. The molecule has 0 radical (unpaired) electrons.